The first-order chi connectivity index (χ1) is 11.6. The van der Waals surface area contributed by atoms with Crippen LogP contribution >= 0.6 is 0 Å². The van der Waals surface area contributed by atoms with Gasteiger partial charge < -0.3 is 4.90 Å². The quantitative estimate of drug-likeness (QED) is 0.842. The molecule has 1 aliphatic heterocycles. The normalized spacial score (nSPS) is 22.5. The SMILES string of the molecule is CCC(C)C(=O)C[C@@H]1C[C@H](C)CN(c2ccnc3nccnc23)C1. The van der Waals surface area contributed by atoms with Crippen LogP contribution in [0.4, 0.5) is 5.69 Å². The van der Waals surface area contributed by atoms with Crippen LogP contribution in [0.25, 0.3) is 11.2 Å². The Kier molecular flexibility index (Phi) is 5.07. The summed E-state index contributed by atoms with van der Waals surface area (Å²) in [4.78, 5) is 27.8. The second kappa shape index (κ2) is 7.24. The number of hydrogen-bond donors (Lipinski definition) is 0. The molecule has 3 heterocycles. The lowest BCUT2D eigenvalue weighted by Gasteiger charge is -2.38. The Labute approximate surface area is 143 Å². The van der Waals surface area contributed by atoms with Gasteiger partial charge in [-0.05, 0) is 30.7 Å². The van der Waals surface area contributed by atoms with Gasteiger partial charge in [0.1, 0.15) is 11.3 Å². The number of ketones is 1. The molecule has 0 aliphatic carbocycles. The second-order valence-electron chi connectivity index (χ2n) is 7.15. The predicted molar refractivity (Wildman–Crippen MR) is 95.9 cm³/mol. The van der Waals surface area contributed by atoms with Crippen LogP contribution in [-0.4, -0.2) is 33.8 Å². The van der Waals surface area contributed by atoms with Crippen LogP contribution in [0.3, 0.4) is 0 Å². The molecular weight excluding hydrogens is 300 g/mol. The number of rotatable bonds is 5. The van der Waals surface area contributed by atoms with E-state index in [-0.39, 0.29) is 5.92 Å². The molecule has 1 fully saturated rings. The Bertz CT molecular complexity index is 712. The van der Waals surface area contributed by atoms with Crippen LogP contribution in [0.5, 0.6) is 0 Å². The third-order valence-corrected chi connectivity index (χ3v) is 5.09. The number of carbonyl (C=O) groups excluding carboxylic acids is 1. The fraction of sp³-hybridized carbons (Fsp3) is 0.579. The number of Topliss-reactive ketones (excluding diaryl/α,β-unsaturated/α-hetero) is 1. The summed E-state index contributed by atoms with van der Waals surface area (Å²) in [6.45, 7) is 8.28. The van der Waals surface area contributed by atoms with Crippen molar-refractivity contribution in [1.29, 1.82) is 0 Å². The Hall–Kier alpha value is -2.04. The zero-order chi connectivity index (χ0) is 17.1. The maximum atomic E-state index is 12.4. The third-order valence-electron chi connectivity index (χ3n) is 5.09. The van der Waals surface area contributed by atoms with Crippen molar-refractivity contribution in [2.75, 3.05) is 18.0 Å². The summed E-state index contributed by atoms with van der Waals surface area (Å²) in [5.41, 5.74) is 2.61. The van der Waals surface area contributed by atoms with Gasteiger partial charge in [-0.2, -0.15) is 0 Å². The summed E-state index contributed by atoms with van der Waals surface area (Å²) in [7, 11) is 0. The van der Waals surface area contributed by atoms with E-state index in [4.69, 9.17) is 0 Å². The molecule has 2 aromatic heterocycles. The summed E-state index contributed by atoms with van der Waals surface area (Å²) >= 11 is 0. The average molecular weight is 326 g/mol. The zero-order valence-electron chi connectivity index (χ0n) is 14.8. The molecule has 3 rings (SSSR count). The van der Waals surface area contributed by atoms with E-state index in [0.717, 1.165) is 37.1 Å². The van der Waals surface area contributed by atoms with E-state index in [1.54, 1.807) is 18.6 Å². The average Bonchev–Trinajstić information content (AvgIpc) is 2.60. The van der Waals surface area contributed by atoms with Gasteiger partial charge in [-0.15, -0.1) is 0 Å². The van der Waals surface area contributed by atoms with Gasteiger partial charge in [-0.1, -0.05) is 20.8 Å². The second-order valence-corrected chi connectivity index (χ2v) is 7.15. The molecule has 5 nitrogen and oxygen atoms in total. The highest BCUT2D eigenvalue weighted by Crippen LogP contribution is 2.31. The summed E-state index contributed by atoms with van der Waals surface area (Å²) in [6.07, 6.45) is 7.91. The van der Waals surface area contributed by atoms with Crippen molar-refractivity contribution in [1.82, 2.24) is 15.0 Å². The van der Waals surface area contributed by atoms with E-state index in [1.165, 1.54) is 0 Å². The fourth-order valence-electron chi connectivity index (χ4n) is 3.66. The van der Waals surface area contributed by atoms with Crippen LogP contribution in [0.15, 0.2) is 24.7 Å². The minimum Gasteiger partial charge on any atom is -0.369 e. The maximum Gasteiger partial charge on any atom is 0.180 e. The molecule has 128 valence electrons. The number of aromatic nitrogens is 3. The van der Waals surface area contributed by atoms with Gasteiger partial charge in [-0.25, -0.2) is 15.0 Å². The molecule has 0 N–H and O–H groups in total. The number of nitrogens with zero attached hydrogens (tertiary/aromatic N) is 4. The Morgan fingerprint density at radius 2 is 2.00 bits per heavy atom. The van der Waals surface area contributed by atoms with E-state index in [9.17, 15) is 4.79 Å². The molecule has 1 unspecified atom stereocenters. The van der Waals surface area contributed by atoms with E-state index >= 15 is 0 Å². The standard InChI is InChI=1S/C19H26N4O/c1-4-14(3)17(24)10-15-9-13(2)11-23(12-15)16-5-6-21-19-18(16)20-7-8-22-19/h5-8,13-15H,4,9-12H2,1-3H3/t13-,14?,15-/m0/s1. The first-order valence-electron chi connectivity index (χ1n) is 8.91. The molecule has 0 bridgehead atoms. The van der Waals surface area contributed by atoms with Crippen molar-refractivity contribution in [3.63, 3.8) is 0 Å². The lowest BCUT2D eigenvalue weighted by molar-refractivity contribution is -0.123. The van der Waals surface area contributed by atoms with Crippen LogP contribution in [-0.2, 0) is 4.79 Å². The van der Waals surface area contributed by atoms with Crippen molar-refractivity contribution in [3.8, 4) is 0 Å². The first-order valence-corrected chi connectivity index (χ1v) is 8.91. The molecule has 0 spiro atoms. The Morgan fingerprint density at radius 3 is 2.79 bits per heavy atom. The van der Waals surface area contributed by atoms with Crippen molar-refractivity contribution < 1.29 is 4.79 Å². The molecule has 3 atom stereocenters. The van der Waals surface area contributed by atoms with Gasteiger partial charge in [0.2, 0.25) is 0 Å². The van der Waals surface area contributed by atoms with Crippen LogP contribution < -0.4 is 4.90 Å². The van der Waals surface area contributed by atoms with Crippen LogP contribution in [0.1, 0.15) is 40.0 Å². The van der Waals surface area contributed by atoms with E-state index in [1.807, 2.05) is 13.0 Å². The summed E-state index contributed by atoms with van der Waals surface area (Å²) in [5, 5.41) is 0. The number of hydrogen-bond acceptors (Lipinski definition) is 5. The Morgan fingerprint density at radius 1 is 1.25 bits per heavy atom. The number of pyridine rings is 1. The van der Waals surface area contributed by atoms with E-state index < -0.39 is 0 Å². The van der Waals surface area contributed by atoms with Crippen molar-refractivity contribution in [3.05, 3.63) is 24.7 Å². The Balaban J connectivity index is 1.81. The minimum atomic E-state index is 0.170. The highest BCUT2D eigenvalue weighted by atomic mass is 16.1. The molecule has 2 aromatic rings. The molecule has 1 saturated heterocycles. The molecule has 24 heavy (non-hydrogen) atoms. The van der Waals surface area contributed by atoms with E-state index in [2.05, 4.69) is 33.7 Å². The maximum absolute atomic E-state index is 12.4. The molecular formula is C19H26N4O. The van der Waals surface area contributed by atoms with Gasteiger partial charge in [0.15, 0.2) is 5.65 Å². The van der Waals surface area contributed by atoms with Gasteiger partial charge in [0.05, 0.1) is 5.69 Å². The van der Waals surface area contributed by atoms with Gasteiger partial charge in [-0.3, -0.25) is 4.79 Å². The largest absolute Gasteiger partial charge is 0.369 e. The van der Waals surface area contributed by atoms with E-state index in [0.29, 0.717) is 29.7 Å². The van der Waals surface area contributed by atoms with Gasteiger partial charge >= 0.3 is 0 Å². The summed E-state index contributed by atoms with van der Waals surface area (Å²) < 4.78 is 0. The summed E-state index contributed by atoms with van der Waals surface area (Å²) in [6, 6.07) is 2.02. The molecule has 0 amide bonds. The number of piperidine rings is 1. The lowest BCUT2D eigenvalue weighted by atomic mass is 9.84. The van der Waals surface area contributed by atoms with Crippen molar-refractivity contribution in [2.45, 2.75) is 40.0 Å². The minimum absolute atomic E-state index is 0.170. The topological polar surface area (TPSA) is 59.0 Å². The van der Waals surface area contributed by atoms with Gasteiger partial charge in [0, 0.05) is 44.0 Å². The van der Waals surface area contributed by atoms with Crippen LogP contribution in [0.2, 0.25) is 0 Å². The van der Waals surface area contributed by atoms with Crippen LogP contribution in [0, 0.1) is 17.8 Å². The lowest BCUT2D eigenvalue weighted by Crippen LogP contribution is -2.41. The highest BCUT2D eigenvalue weighted by molar-refractivity contribution is 5.85. The highest BCUT2D eigenvalue weighted by Gasteiger charge is 2.28. The monoisotopic (exact) mass is 326 g/mol. The molecule has 1 aliphatic rings. The zero-order valence-corrected chi connectivity index (χ0v) is 14.8. The molecule has 5 heteroatoms. The smallest absolute Gasteiger partial charge is 0.180 e. The third kappa shape index (κ3) is 3.55. The summed E-state index contributed by atoms with van der Waals surface area (Å²) in [5.74, 6) is 1.54. The fourth-order valence-corrected chi connectivity index (χ4v) is 3.66. The molecule has 0 saturated carbocycles. The van der Waals surface area contributed by atoms with Crippen molar-refractivity contribution in [2.24, 2.45) is 17.8 Å². The predicted octanol–water partition coefficient (Wildman–Crippen LogP) is 3.49. The molecule has 0 aromatic carbocycles. The van der Waals surface area contributed by atoms with Crippen molar-refractivity contribution >= 4 is 22.6 Å². The number of fused-ring (bicyclic) bond motifs is 1. The number of carbonyl (C=O) groups is 1. The number of anilines is 1. The van der Waals surface area contributed by atoms with Gasteiger partial charge in [0.25, 0.3) is 0 Å². The first kappa shape index (κ1) is 16.8. The molecule has 0 radical (unpaired) electrons.